The predicted octanol–water partition coefficient (Wildman–Crippen LogP) is 1.07. The molecule has 0 aliphatic carbocycles. The summed E-state index contributed by atoms with van der Waals surface area (Å²) in [5.74, 6) is 0.562. The molecule has 1 heterocycles. The third kappa shape index (κ3) is 2.40. The van der Waals surface area contributed by atoms with Crippen molar-refractivity contribution in [1.82, 2.24) is 9.97 Å². The maximum absolute atomic E-state index is 8.21. The van der Waals surface area contributed by atoms with E-state index in [9.17, 15) is 0 Å². The van der Waals surface area contributed by atoms with Crippen LogP contribution in [0.1, 0.15) is 0 Å². The highest BCUT2D eigenvalue weighted by Crippen LogP contribution is 2.04. The second-order valence-electron chi connectivity index (χ2n) is 1.72. The maximum Gasteiger partial charge on any atom is 0.224 e. The summed E-state index contributed by atoms with van der Waals surface area (Å²) in [5.41, 5.74) is 0. The zero-order chi connectivity index (χ0) is 8.10. The number of nitriles is 1. The first-order valence-corrected chi connectivity index (χ1v) is 3.30. The molecule has 1 aromatic heterocycles. The molecule has 4 nitrogen and oxygen atoms in total. The van der Waals surface area contributed by atoms with Gasteiger partial charge in [0.25, 0.3) is 0 Å². The van der Waals surface area contributed by atoms with Crippen LogP contribution in [0.25, 0.3) is 0 Å². The van der Waals surface area contributed by atoms with Crippen LogP contribution in [0, 0.1) is 11.3 Å². The Hall–Kier alpha value is -1.34. The fraction of sp³-hybridized carbons (Fsp3) is 0.167. The van der Waals surface area contributed by atoms with Crippen molar-refractivity contribution in [2.75, 3.05) is 11.9 Å². The molecule has 0 spiro atoms. The average Bonchev–Trinajstić information content (AvgIpc) is 2.01. The van der Waals surface area contributed by atoms with Crippen LogP contribution in [-0.2, 0) is 0 Å². The largest absolute Gasteiger partial charge is 0.357 e. The van der Waals surface area contributed by atoms with Crippen molar-refractivity contribution in [3.05, 3.63) is 17.5 Å². The number of nitrogens with one attached hydrogen (secondary N) is 1. The Morgan fingerprint density at radius 2 is 2.55 bits per heavy atom. The summed E-state index contributed by atoms with van der Waals surface area (Å²) in [5, 5.41) is 11.1. The highest BCUT2D eigenvalue weighted by molar-refractivity contribution is 6.28. The van der Waals surface area contributed by atoms with Gasteiger partial charge in [-0.1, -0.05) is 0 Å². The number of rotatable bonds is 2. The van der Waals surface area contributed by atoms with Crippen LogP contribution in [0.3, 0.4) is 0 Å². The summed E-state index contributed by atoms with van der Waals surface area (Å²) in [4.78, 5) is 7.48. The molecule has 1 N–H and O–H groups in total. The van der Waals surface area contributed by atoms with Crippen LogP contribution in [-0.4, -0.2) is 16.5 Å². The molecule has 0 aromatic carbocycles. The number of hydrogen-bond acceptors (Lipinski definition) is 4. The van der Waals surface area contributed by atoms with Gasteiger partial charge in [-0.2, -0.15) is 5.26 Å². The smallest absolute Gasteiger partial charge is 0.224 e. The zero-order valence-corrected chi connectivity index (χ0v) is 6.34. The number of aromatic nitrogens is 2. The number of hydrogen-bond donors (Lipinski definition) is 1. The van der Waals surface area contributed by atoms with Gasteiger partial charge in [-0.3, -0.25) is 0 Å². The van der Waals surface area contributed by atoms with E-state index in [1.165, 1.54) is 6.20 Å². The maximum atomic E-state index is 8.21. The minimum Gasteiger partial charge on any atom is -0.357 e. The average molecular weight is 169 g/mol. The molecule has 1 rings (SSSR count). The Balaban J connectivity index is 2.65. The van der Waals surface area contributed by atoms with Crippen LogP contribution < -0.4 is 5.32 Å². The second-order valence-corrected chi connectivity index (χ2v) is 2.06. The normalized spacial score (nSPS) is 8.73. The lowest BCUT2D eigenvalue weighted by atomic mass is 10.5. The van der Waals surface area contributed by atoms with Gasteiger partial charge in [0.2, 0.25) is 5.28 Å². The van der Waals surface area contributed by atoms with E-state index in [1.807, 2.05) is 6.07 Å². The first-order chi connectivity index (χ1) is 5.33. The van der Waals surface area contributed by atoms with Gasteiger partial charge in [-0.05, 0) is 17.7 Å². The van der Waals surface area contributed by atoms with E-state index in [2.05, 4.69) is 15.3 Å². The quantitative estimate of drug-likeness (QED) is 0.530. The summed E-state index contributed by atoms with van der Waals surface area (Å²) in [6.45, 7) is 0.216. The SMILES string of the molecule is N#CCNc1ccnc(Cl)n1. The minimum atomic E-state index is 0.174. The van der Waals surface area contributed by atoms with Crippen molar-refractivity contribution < 1.29 is 0 Å². The van der Waals surface area contributed by atoms with E-state index in [0.717, 1.165) is 0 Å². The summed E-state index contributed by atoms with van der Waals surface area (Å²) in [7, 11) is 0. The molecule has 0 amide bonds. The third-order valence-corrected chi connectivity index (χ3v) is 1.16. The third-order valence-electron chi connectivity index (χ3n) is 0.975. The lowest BCUT2D eigenvalue weighted by molar-refractivity contribution is 1.14. The molecule has 0 aliphatic rings. The van der Waals surface area contributed by atoms with Crippen LogP contribution >= 0.6 is 11.6 Å². The molecular formula is C6H5ClN4. The Labute approximate surface area is 68.8 Å². The minimum absolute atomic E-state index is 0.174. The molecular weight excluding hydrogens is 164 g/mol. The topological polar surface area (TPSA) is 61.6 Å². The van der Waals surface area contributed by atoms with Crippen LogP contribution in [0.4, 0.5) is 5.82 Å². The molecule has 0 unspecified atom stereocenters. The van der Waals surface area contributed by atoms with Crippen molar-refractivity contribution in [1.29, 1.82) is 5.26 Å². The Morgan fingerprint density at radius 3 is 3.18 bits per heavy atom. The van der Waals surface area contributed by atoms with Gasteiger partial charge in [0.1, 0.15) is 12.4 Å². The van der Waals surface area contributed by atoms with Crippen LogP contribution in [0.5, 0.6) is 0 Å². The molecule has 11 heavy (non-hydrogen) atoms. The van der Waals surface area contributed by atoms with Gasteiger partial charge in [0.05, 0.1) is 6.07 Å². The van der Waals surface area contributed by atoms with E-state index < -0.39 is 0 Å². The number of halogens is 1. The fourth-order valence-corrected chi connectivity index (χ4v) is 0.711. The summed E-state index contributed by atoms with van der Waals surface area (Å²) in [6.07, 6.45) is 1.52. The molecule has 56 valence electrons. The predicted molar refractivity (Wildman–Crippen MR) is 41.1 cm³/mol. The van der Waals surface area contributed by atoms with Gasteiger partial charge >= 0.3 is 0 Å². The summed E-state index contributed by atoms with van der Waals surface area (Å²) >= 11 is 5.48. The molecule has 5 heteroatoms. The molecule has 0 bridgehead atoms. The highest BCUT2D eigenvalue weighted by Gasteiger charge is 1.92. The van der Waals surface area contributed by atoms with E-state index >= 15 is 0 Å². The summed E-state index contributed by atoms with van der Waals surface area (Å²) in [6, 6.07) is 3.56. The molecule has 0 radical (unpaired) electrons. The van der Waals surface area contributed by atoms with Gasteiger partial charge in [0.15, 0.2) is 0 Å². The Kier molecular flexibility index (Phi) is 2.64. The molecule has 0 saturated heterocycles. The van der Waals surface area contributed by atoms with Crippen molar-refractivity contribution in [3.8, 4) is 6.07 Å². The van der Waals surface area contributed by atoms with Crippen LogP contribution in [0.2, 0.25) is 5.28 Å². The molecule has 0 fully saturated rings. The molecule has 1 aromatic rings. The van der Waals surface area contributed by atoms with E-state index in [-0.39, 0.29) is 11.8 Å². The van der Waals surface area contributed by atoms with Gasteiger partial charge in [-0.15, -0.1) is 0 Å². The van der Waals surface area contributed by atoms with E-state index in [4.69, 9.17) is 16.9 Å². The second kappa shape index (κ2) is 3.74. The molecule has 0 atom stereocenters. The molecule has 0 aliphatic heterocycles. The lowest BCUT2D eigenvalue weighted by Crippen LogP contribution is -2.00. The Morgan fingerprint density at radius 1 is 1.73 bits per heavy atom. The van der Waals surface area contributed by atoms with Crippen molar-refractivity contribution >= 4 is 17.4 Å². The van der Waals surface area contributed by atoms with Crippen LogP contribution in [0.15, 0.2) is 12.3 Å². The number of anilines is 1. The zero-order valence-electron chi connectivity index (χ0n) is 5.58. The first-order valence-electron chi connectivity index (χ1n) is 2.92. The fourth-order valence-electron chi connectivity index (χ4n) is 0.563. The highest BCUT2D eigenvalue weighted by atomic mass is 35.5. The van der Waals surface area contributed by atoms with E-state index in [0.29, 0.717) is 5.82 Å². The monoisotopic (exact) mass is 168 g/mol. The first kappa shape index (κ1) is 7.76. The lowest BCUT2D eigenvalue weighted by Gasteiger charge is -1.97. The molecule has 0 saturated carbocycles. The summed E-state index contributed by atoms with van der Waals surface area (Å²) < 4.78 is 0. The van der Waals surface area contributed by atoms with Gasteiger partial charge < -0.3 is 5.32 Å². The van der Waals surface area contributed by atoms with Crippen molar-refractivity contribution in [2.45, 2.75) is 0 Å². The Bertz CT molecular complexity index is 280. The van der Waals surface area contributed by atoms with Crippen molar-refractivity contribution in [3.63, 3.8) is 0 Å². The van der Waals surface area contributed by atoms with Crippen molar-refractivity contribution in [2.24, 2.45) is 0 Å². The van der Waals surface area contributed by atoms with Gasteiger partial charge in [-0.25, -0.2) is 9.97 Å². The van der Waals surface area contributed by atoms with E-state index in [1.54, 1.807) is 6.07 Å². The standard InChI is InChI=1S/C6H5ClN4/c7-6-10-3-1-5(11-6)9-4-2-8/h1,3H,4H2,(H,9,10,11). The van der Waals surface area contributed by atoms with Gasteiger partial charge in [0, 0.05) is 6.20 Å². The number of nitrogens with zero attached hydrogens (tertiary/aromatic N) is 3.